The van der Waals surface area contributed by atoms with Crippen LogP contribution < -0.4 is 25.8 Å². The molecule has 3 amide bonds. The maximum Gasteiger partial charge on any atom is 0.260 e. The summed E-state index contributed by atoms with van der Waals surface area (Å²) in [6.45, 7) is 15.7. The molecule has 0 bridgehead atoms. The molecule has 0 aliphatic heterocycles. The number of nitrogens with two attached hydrogens (primary N) is 1. The number of sulfonamides is 1. The molecular weight excluding hydrogens is 630 g/mol. The van der Waals surface area contributed by atoms with Gasteiger partial charge in [0.05, 0.1) is 17.8 Å². The van der Waals surface area contributed by atoms with E-state index in [1.165, 1.54) is 11.8 Å². The topological polar surface area (TPSA) is 160 Å². The molecule has 0 radical (unpaired) electrons. The molecule has 12 heteroatoms. The summed E-state index contributed by atoms with van der Waals surface area (Å²) in [5.41, 5.74) is 5.80. The molecule has 0 saturated carbocycles. The van der Waals surface area contributed by atoms with Crippen molar-refractivity contribution in [2.45, 2.75) is 84.7 Å². The van der Waals surface area contributed by atoms with Crippen LogP contribution in [0.1, 0.15) is 66.5 Å². The lowest BCUT2D eigenvalue weighted by Gasteiger charge is -2.40. The van der Waals surface area contributed by atoms with Gasteiger partial charge in [-0.3, -0.25) is 14.4 Å². The van der Waals surface area contributed by atoms with Gasteiger partial charge in [0.25, 0.3) is 5.91 Å². The Labute approximate surface area is 287 Å². The van der Waals surface area contributed by atoms with Gasteiger partial charge < -0.3 is 26.0 Å². The molecule has 0 spiro atoms. The van der Waals surface area contributed by atoms with Gasteiger partial charge in [-0.2, -0.15) is 0 Å². The number of ether oxygens (including phenoxy) is 1. The molecular formula is C36H55N5O6S. The lowest BCUT2D eigenvalue weighted by Crippen LogP contribution is -2.61. The number of hydrogen-bond donors (Lipinski definition) is 4. The van der Waals surface area contributed by atoms with Gasteiger partial charge >= 0.3 is 0 Å². The summed E-state index contributed by atoms with van der Waals surface area (Å²) < 4.78 is 33.1. The molecule has 0 unspecified atom stereocenters. The first-order valence-corrected chi connectivity index (χ1v) is 17.8. The number of nitrogens with zero attached hydrogens (tertiary/aromatic N) is 1. The minimum Gasteiger partial charge on any atom is -0.492 e. The highest BCUT2D eigenvalue weighted by Gasteiger charge is 2.41. The number of carbonyl (C=O) groups excluding carboxylic acids is 3. The Morgan fingerprint density at radius 1 is 0.958 bits per heavy atom. The number of rotatable bonds is 16. The van der Waals surface area contributed by atoms with Crippen LogP contribution in [0.2, 0.25) is 0 Å². The Morgan fingerprint density at radius 2 is 1.54 bits per heavy atom. The van der Waals surface area contributed by atoms with Crippen molar-refractivity contribution >= 4 is 27.7 Å². The molecule has 11 nitrogen and oxygen atoms in total. The molecule has 0 saturated heterocycles. The van der Waals surface area contributed by atoms with Crippen molar-refractivity contribution in [1.29, 1.82) is 0 Å². The van der Waals surface area contributed by atoms with Crippen LogP contribution in [-0.4, -0.2) is 76.4 Å². The van der Waals surface area contributed by atoms with E-state index >= 15 is 0 Å². The van der Waals surface area contributed by atoms with Crippen molar-refractivity contribution in [3.8, 4) is 5.75 Å². The lowest BCUT2D eigenvalue weighted by molar-refractivity contribution is -0.140. The van der Waals surface area contributed by atoms with Crippen molar-refractivity contribution in [3.63, 3.8) is 0 Å². The number of carbonyl (C=O) groups is 3. The number of amides is 3. The van der Waals surface area contributed by atoms with Crippen LogP contribution in [-0.2, 0) is 35.6 Å². The maximum atomic E-state index is 14.2. The van der Waals surface area contributed by atoms with E-state index in [1.54, 1.807) is 50.5 Å². The van der Waals surface area contributed by atoms with Crippen molar-refractivity contribution in [2.24, 2.45) is 17.1 Å². The van der Waals surface area contributed by atoms with Crippen molar-refractivity contribution in [1.82, 2.24) is 20.3 Å². The molecule has 0 aliphatic carbocycles. The smallest absolute Gasteiger partial charge is 0.260 e. The molecule has 0 fully saturated rings. The Hall–Kier alpha value is -3.74. The second-order valence-electron chi connectivity index (χ2n) is 14.1. The Kier molecular flexibility index (Phi) is 14.4. The molecule has 266 valence electrons. The van der Waals surface area contributed by atoms with Crippen LogP contribution in [0.4, 0.5) is 0 Å². The van der Waals surface area contributed by atoms with Gasteiger partial charge in [0.1, 0.15) is 18.4 Å². The fourth-order valence-electron chi connectivity index (χ4n) is 5.50. The molecule has 2 aromatic carbocycles. The fraction of sp³-hybridized carbons (Fsp3) is 0.528. The average molecular weight is 686 g/mol. The van der Waals surface area contributed by atoms with E-state index < -0.39 is 44.9 Å². The SMILES string of the molecule is CN[C@H](C(=O)N[C@H](C(=O)N(C)[C@H](C=C(C)C(=O)NS(=O)(=O)Cc1ccccc1)C(C)C)C(C)(C)C)C(C)(C)c1ccc(OCCN)cc1. The molecule has 48 heavy (non-hydrogen) atoms. The minimum atomic E-state index is -3.95. The summed E-state index contributed by atoms with van der Waals surface area (Å²) in [7, 11) is -0.621. The van der Waals surface area contributed by atoms with E-state index in [2.05, 4.69) is 15.4 Å². The van der Waals surface area contributed by atoms with Gasteiger partial charge in [0.15, 0.2) is 0 Å². The van der Waals surface area contributed by atoms with Crippen LogP contribution >= 0.6 is 0 Å². The predicted molar refractivity (Wildman–Crippen MR) is 191 cm³/mol. The predicted octanol–water partition coefficient (Wildman–Crippen LogP) is 3.50. The van der Waals surface area contributed by atoms with E-state index in [4.69, 9.17) is 10.5 Å². The second-order valence-corrected chi connectivity index (χ2v) is 15.8. The van der Waals surface area contributed by atoms with Crippen molar-refractivity contribution in [3.05, 3.63) is 77.4 Å². The van der Waals surface area contributed by atoms with E-state index in [0.29, 0.717) is 24.5 Å². The Balaban J connectivity index is 2.29. The Morgan fingerprint density at radius 3 is 2.04 bits per heavy atom. The fourth-order valence-corrected chi connectivity index (χ4v) is 6.65. The summed E-state index contributed by atoms with van der Waals surface area (Å²) in [6.07, 6.45) is 1.60. The van der Waals surface area contributed by atoms with Gasteiger partial charge in [0.2, 0.25) is 21.8 Å². The normalized spacial score (nSPS) is 14.5. The Bertz CT molecular complexity index is 1520. The van der Waals surface area contributed by atoms with Crippen molar-refractivity contribution < 1.29 is 27.5 Å². The zero-order chi connectivity index (χ0) is 36.4. The van der Waals surface area contributed by atoms with Crippen molar-refractivity contribution in [2.75, 3.05) is 27.2 Å². The van der Waals surface area contributed by atoms with E-state index in [-0.39, 0.29) is 29.1 Å². The third-order valence-corrected chi connectivity index (χ3v) is 9.57. The first-order valence-electron chi connectivity index (χ1n) is 16.2. The molecule has 0 aromatic heterocycles. The summed E-state index contributed by atoms with van der Waals surface area (Å²) in [6, 6.07) is 13.9. The van der Waals surface area contributed by atoms with E-state index in [0.717, 1.165) is 5.56 Å². The van der Waals surface area contributed by atoms with Crippen LogP contribution in [0.15, 0.2) is 66.2 Å². The zero-order valence-electron chi connectivity index (χ0n) is 30.1. The highest BCUT2D eigenvalue weighted by molar-refractivity contribution is 7.89. The summed E-state index contributed by atoms with van der Waals surface area (Å²) in [4.78, 5) is 42.6. The quantitative estimate of drug-likeness (QED) is 0.196. The second kappa shape index (κ2) is 17.1. The molecule has 3 atom stereocenters. The van der Waals surface area contributed by atoms with Crippen LogP contribution in [0.5, 0.6) is 5.75 Å². The van der Waals surface area contributed by atoms with Gasteiger partial charge in [-0.15, -0.1) is 0 Å². The average Bonchev–Trinajstić information content (AvgIpc) is 3.00. The standard InChI is InChI=1S/C36H55N5O6S/c1-24(2)29(22-25(3)32(42)40-48(45,46)23-26-14-12-11-13-15-26)41(10)34(44)31(35(4,5)6)39-33(43)30(38-9)36(7,8)27-16-18-28(19-17-27)47-21-20-37/h11-19,22,24,29-31,38H,20-21,23,37H2,1-10H3,(H,39,43)(H,40,42)/t29-,30-,31-/m1/s1. The summed E-state index contributed by atoms with van der Waals surface area (Å²) in [5, 5.41) is 6.16. The van der Waals surface area contributed by atoms with Crippen LogP contribution in [0, 0.1) is 11.3 Å². The van der Waals surface area contributed by atoms with Gasteiger partial charge in [0, 0.05) is 24.6 Å². The third kappa shape index (κ3) is 11.2. The first kappa shape index (κ1) is 40.4. The monoisotopic (exact) mass is 685 g/mol. The number of benzene rings is 2. The van der Waals surface area contributed by atoms with E-state index in [1.807, 2.05) is 72.7 Å². The highest BCUT2D eigenvalue weighted by Crippen LogP contribution is 2.30. The van der Waals surface area contributed by atoms with Gasteiger partial charge in [-0.25, -0.2) is 13.1 Å². The largest absolute Gasteiger partial charge is 0.492 e. The lowest BCUT2D eigenvalue weighted by atomic mass is 9.76. The molecule has 5 N–H and O–H groups in total. The van der Waals surface area contributed by atoms with Gasteiger partial charge in [-0.05, 0) is 48.6 Å². The maximum absolute atomic E-state index is 14.2. The van der Waals surface area contributed by atoms with Crippen LogP contribution in [0.25, 0.3) is 0 Å². The molecule has 0 heterocycles. The molecule has 2 aromatic rings. The summed E-state index contributed by atoms with van der Waals surface area (Å²) in [5.74, 6) is -1.25. The first-order chi connectivity index (χ1) is 22.2. The highest BCUT2D eigenvalue weighted by atomic mass is 32.2. The third-order valence-electron chi connectivity index (χ3n) is 8.36. The van der Waals surface area contributed by atoms with E-state index in [9.17, 15) is 22.8 Å². The summed E-state index contributed by atoms with van der Waals surface area (Å²) >= 11 is 0. The van der Waals surface area contributed by atoms with Gasteiger partial charge in [-0.1, -0.05) is 97.0 Å². The number of hydrogen-bond acceptors (Lipinski definition) is 8. The molecule has 2 rings (SSSR count). The minimum absolute atomic E-state index is 0.139. The molecule has 0 aliphatic rings. The zero-order valence-corrected chi connectivity index (χ0v) is 30.9. The van der Waals surface area contributed by atoms with Crippen LogP contribution in [0.3, 0.4) is 0 Å². The number of likely N-dealkylation sites (N-methyl/N-ethyl adjacent to an activating group) is 2. The number of nitrogens with one attached hydrogen (secondary N) is 3.